The number of aromatic nitrogens is 1. The Bertz CT molecular complexity index is 482. The van der Waals surface area contributed by atoms with Crippen molar-refractivity contribution in [1.29, 1.82) is 0 Å². The standard InChI is InChI=1S/C11H10N2O2S/c12-9-3-5-16-10(9)11(14)15-7-8-2-1-4-13-6-8/h1-6H,7,12H2. The summed E-state index contributed by atoms with van der Waals surface area (Å²) in [6.45, 7) is 0.212. The van der Waals surface area contributed by atoms with Crippen LogP contribution < -0.4 is 5.73 Å². The maximum atomic E-state index is 11.6. The van der Waals surface area contributed by atoms with Crippen LogP contribution in [0.15, 0.2) is 36.0 Å². The van der Waals surface area contributed by atoms with Gasteiger partial charge in [0.2, 0.25) is 0 Å². The van der Waals surface area contributed by atoms with Crippen LogP contribution >= 0.6 is 11.3 Å². The number of nitrogens with zero attached hydrogens (tertiary/aromatic N) is 1. The first-order valence-corrected chi connectivity index (χ1v) is 5.54. The van der Waals surface area contributed by atoms with E-state index < -0.39 is 5.97 Å². The van der Waals surface area contributed by atoms with Crippen LogP contribution in [0, 0.1) is 0 Å². The van der Waals surface area contributed by atoms with E-state index in [2.05, 4.69) is 4.98 Å². The zero-order valence-corrected chi connectivity index (χ0v) is 9.24. The van der Waals surface area contributed by atoms with Crippen LogP contribution in [0.1, 0.15) is 15.2 Å². The summed E-state index contributed by atoms with van der Waals surface area (Å²) in [5.41, 5.74) is 6.92. The Hall–Kier alpha value is -1.88. The van der Waals surface area contributed by atoms with Gasteiger partial charge in [0.1, 0.15) is 11.5 Å². The lowest BCUT2D eigenvalue weighted by molar-refractivity contribution is 0.0479. The second kappa shape index (κ2) is 4.76. The number of hydrogen-bond acceptors (Lipinski definition) is 5. The summed E-state index contributed by atoms with van der Waals surface area (Å²) >= 11 is 1.28. The molecule has 0 aliphatic heterocycles. The first-order chi connectivity index (χ1) is 7.77. The first kappa shape index (κ1) is 10.6. The lowest BCUT2D eigenvalue weighted by Gasteiger charge is -2.03. The molecule has 0 fully saturated rings. The van der Waals surface area contributed by atoms with Crippen molar-refractivity contribution in [2.75, 3.05) is 5.73 Å². The number of pyridine rings is 1. The average Bonchev–Trinajstić information content (AvgIpc) is 2.74. The van der Waals surface area contributed by atoms with E-state index in [4.69, 9.17) is 10.5 Å². The third-order valence-corrected chi connectivity index (χ3v) is 2.88. The van der Waals surface area contributed by atoms with Crippen LogP contribution in [-0.4, -0.2) is 11.0 Å². The molecule has 2 N–H and O–H groups in total. The van der Waals surface area contributed by atoms with Gasteiger partial charge in [0.25, 0.3) is 0 Å². The minimum absolute atomic E-state index is 0.212. The molecule has 0 aromatic carbocycles. The van der Waals surface area contributed by atoms with Crippen molar-refractivity contribution < 1.29 is 9.53 Å². The molecule has 16 heavy (non-hydrogen) atoms. The van der Waals surface area contributed by atoms with Crippen LogP contribution in [-0.2, 0) is 11.3 Å². The summed E-state index contributed by atoms with van der Waals surface area (Å²) in [6, 6.07) is 5.33. The Labute approximate surface area is 96.7 Å². The van der Waals surface area contributed by atoms with Crippen LogP contribution in [0.4, 0.5) is 5.69 Å². The molecular formula is C11H10N2O2S. The van der Waals surface area contributed by atoms with E-state index in [1.807, 2.05) is 6.07 Å². The molecule has 0 aliphatic carbocycles. The van der Waals surface area contributed by atoms with Gasteiger partial charge in [-0.05, 0) is 17.5 Å². The van der Waals surface area contributed by atoms with Gasteiger partial charge in [-0.2, -0.15) is 0 Å². The summed E-state index contributed by atoms with van der Waals surface area (Å²) in [7, 11) is 0. The number of anilines is 1. The van der Waals surface area contributed by atoms with Crippen LogP contribution in [0.2, 0.25) is 0 Å². The maximum Gasteiger partial charge on any atom is 0.350 e. The molecule has 0 spiro atoms. The molecular weight excluding hydrogens is 224 g/mol. The zero-order chi connectivity index (χ0) is 11.4. The zero-order valence-electron chi connectivity index (χ0n) is 8.42. The van der Waals surface area contributed by atoms with Crippen molar-refractivity contribution >= 4 is 23.0 Å². The number of nitrogen functional groups attached to an aromatic ring is 1. The van der Waals surface area contributed by atoms with E-state index in [-0.39, 0.29) is 6.61 Å². The molecule has 2 aromatic heterocycles. The van der Waals surface area contributed by atoms with Crippen molar-refractivity contribution in [3.8, 4) is 0 Å². The summed E-state index contributed by atoms with van der Waals surface area (Å²) in [6.07, 6.45) is 3.33. The van der Waals surface area contributed by atoms with Crippen molar-refractivity contribution in [2.24, 2.45) is 0 Å². The summed E-state index contributed by atoms with van der Waals surface area (Å²) in [4.78, 5) is 16.0. The van der Waals surface area contributed by atoms with Crippen molar-refractivity contribution in [2.45, 2.75) is 6.61 Å². The van der Waals surface area contributed by atoms with E-state index in [9.17, 15) is 4.79 Å². The van der Waals surface area contributed by atoms with Gasteiger partial charge >= 0.3 is 5.97 Å². The smallest absolute Gasteiger partial charge is 0.350 e. The van der Waals surface area contributed by atoms with Crippen molar-refractivity contribution in [1.82, 2.24) is 4.98 Å². The lowest BCUT2D eigenvalue weighted by Crippen LogP contribution is -2.05. The molecule has 2 aromatic rings. The molecule has 0 bridgehead atoms. The Balaban J connectivity index is 1.97. The fourth-order valence-electron chi connectivity index (χ4n) is 1.18. The lowest BCUT2D eigenvalue weighted by atomic mass is 10.3. The molecule has 0 unspecified atom stereocenters. The van der Waals surface area contributed by atoms with Gasteiger partial charge in [-0.1, -0.05) is 6.07 Å². The molecule has 2 heterocycles. The van der Waals surface area contributed by atoms with Gasteiger partial charge in [-0.15, -0.1) is 11.3 Å². The summed E-state index contributed by atoms with van der Waals surface area (Å²) < 4.78 is 5.10. The van der Waals surface area contributed by atoms with E-state index in [0.29, 0.717) is 10.6 Å². The van der Waals surface area contributed by atoms with Gasteiger partial charge in [0.05, 0.1) is 5.69 Å². The number of hydrogen-bond donors (Lipinski definition) is 1. The number of nitrogens with two attached hydrogens (primary N) is 1. The van der Waals surface area contributed by atoms with Crippen LogP contribution in [0.5, 0.6) is 0 Å². The van der Waals surface area contributed by atoms with E-state index >= 15 is 0 Å². The maximum absolute atomic E-state index is 11.6. The van der Waals surface area contributed by atoms with Gasteiger partial charge in [0.15, 0.2) is 0 Å². The largest absolute Gasteiger partial charge is 0.457 e. The fraction of sp³-hybridized carbons (Fsp3) is 0.0909. The van der Waals surface area contributed by atoms with E-state index in [1.165, 1.54) is 11.3 Å². The Kier molecular flexibility index (Phi) is 3.16. The Morgan fingerprint density at radius 2 is 2.38 bits per heavy atom. The SMILES string of the molecule is Nc1ccsc1C(=O)OCc1cccnc1. The quantitative estimate of drug-likeness (QED) is 0.826. The molecule has 82 valence electrons. The highest BCUT2D eigenvalue weighted by atomic mass is 32.1. The van der Waals surface area contributed by atoms with E-state index in [0.717, 1.165) is 5.56 Å². The topological polar surface area (TPSA) is 65.2 Å². The highest BCUT2D eigenvalue weighted by molar-refractivity contribution is 7.12. The third kappa shape index (κ3) is 2.38. The summed E-state index contributed by atoms with van der Waals surface area (Å²) in [5, 5.41) is 1.76. The predicted molar refractivity (Wildman–Crippen MR) is 62.1 cm³/mol. The second-order valence-corrected chi connectivity index (χ2v) is 4.06. The summed E-state index contributed by atoms with van der Waals surface area (Å²) in [5.74, 6) is -0.392. The first-order valence-electron chi connectivity index (χ1n) is 4.66. The van der Waals surface area contributed by atoms with Crippen molar-refractivity contribution in [3.05, 3.63) is 46.4 Å². The molecule has 0 aliphatic rings. The molecule has 0 amide bonds. The van der Waals surface area contributed by atoms with E-state index in [1.54, 1.807) is 29.9 Å². The fourth-order valence-corrected chi connectivity index (χ4v) is 1.89. The predicted octanol–water partition coefficient (Wildman–Crippen LogP) is 2.08. The highest BCUT2D eigenvalue weighted by Gasteiger charge is 2.12. The minimum atomic E-state index is -0.392. The molecule has 0 saturated heterocycles. The van der Waals surface area contributed by atoms with Gasteiger partial charge in [-0.25, -0.2) is 4.79 Å². The monoisotopic (exact) mass is 234 g/mol. The normalized spacial score (nSPS) is 10.0. The van der Waals surface area contributed by atoms with Gasteiger partial charge in [-0.3, -0.25) is 4.98 Å². The number of esters is 1. The molecule has 4 nitrogen and oxygen atoms in total. The molecule has 2 rings (SSSR count). The molecule has 0 atom stereocenters. The minimum Gasteiger partial charge on any atom is -0.457 e. The Morgan fingerprint density at radius 3 is 3.00 bits per heavy atom. The average molecular weight is 234 g/mol. The number of ether oxygens (including phenoxy) is 1. The molecule has 0 radical (unpaired) electrons. The highest BCUT2D eigenvalue weighted by Crippen LogP contribution is 2.20. The van der Waals surface area contributed by atoms with Gasteiger partial charge < -0.3 is 10.5 Å². The number of carbonyl (C=O) groups excluding carboxylic acids is 1. The Morgan fingerprint density at radius 1 is 1.50 bits per heavy atom. The third-order valence-electron chi connectivity index (χ3n) is 1.97. The van der Waals surface area contributed by atoms with Crippen LogP contribution in [0.25, 0.3) is 0 Å². The second-order valence-electron chi connectivity index (χ2n) is 3.14. The molecule has 5 heteroatoms. The number of rotatable bonds is 3. The van der Waals surface area contributed by atoms with Crippen molar-refractivity contribution in [3.63, 3.8) is 0 Å². The van der Waals surface area contributed by atoms with Crippen LogP contribution in [0.3, 0.4) is 0 Å². The molecule has 0 saturated carbocycles. The number of carbonyl (C=O) groups is 1. The van der Waals surface area contributed by atoms with Gasteiger partial charge in [0, 0.05) is 18.0 Å². The number of thiophene rings is 1.